The maximum Gasteiger partial charge on any atom is 0.257 e. The second kappa shape index (κ2) is 8.02. The lowest BCUT2D eigenvalue weighted by Crippen LogP contribution is -2.42. The molecule has 0 atom stereocenters. The number of nitrogens with one attached hydrogen (secondary N) is 1. The van der Waals surface area contributed by atoms with Gasteiger partial charge in [-0.05, 0) is 56.7 Å². The lowest BCUT2D eigenvalue weighted by atomic mass is 9.93. The number of benzene rings is 2. The van der Waals surface area contributed by atoms with Gasteiger partial charge >= 0.3 is 0 Å². The molecule has 7 heteroatoms. The van der Waals surface area contributed by atoms with Crippen LogP contribution in [0, 0.1) is 5.41 Å². The molecule has 2 amide bonds. The molecule has 0 radical (unpaired) electrons. The van der Waals surface area contributed by atoms with Crippen LogP contribution in [0.15, 0.2) is 36.4 Å². The summed E-state index contributed by atoms with van der Waals surface area (Å²) >= 11 is 12.1. The van der Waals surface area contributed by atoms with E-state index in [0.717, 1.165) is 6.42 Å². The first kappa shape index (κ1) is 20.5. The number of amides is 2. The average Bonchev–Trinajstić information content (AvgIpc) is 2.74. The van der Waals surface area contributed by atoms with Crippen LogP contribution in [0.4, 0.5) is 11.4 Å². The van der Waals surface area contributed by atoms with Crippen LogP contribution < -0.4 is 15.0 Å². The summed E-state index contributed by atoms with van der Waals surface area (Å²) in [6.45, 7) is 6.61. The van der Waals surface area contributed by atoms with E-state index in [1.165, 1.54) is 6.07 Å². The Morgan fingerprint density at radius 1 is 1.21 bits per heavy atom. The number of anilines is 2. The Hall–Kier alpha value is -2.24. The van der Waals surface area contributed by atoms with Crippen LogP contribution in [-0.2, 0) is 4.79 Å². The highest BCUT2D eigenvalue weighted by Crippen LogP contribution is 2.38. The SMILES string of the molecule is CCCN1C(=O)C(C)(C)COc2ccc(NC(=O)c3cc(Cl)ccc3Cl)cc21. The molecule has 1 N–H and O–H groups in total. The number of carbonyl (C=O) groups is 2. The minimum atomic E-state index is -0.633. The molecule has 2 aromatic rings. The third kappa shape index (κ3) is 4.10. The minimum Gasteiger partial charge on any atom is -0.490 e. The molecule has 1 aliphatic heterocycles. The van der Waals surface area contributed by atoms with E-state index in [9.17, 15) is 9.59 Å². The predicted molar refractivity (Wildman–Crippen MR) is 113 cm³/mol. The van der Waals surface area contributed by atoms with Crippen molar-refractivity contribution < 1.29 is 14.3 Å². The lowest BCUT2D eigenvalue weighted by molar-refractivity contribution is -0.127. The first-order valence-corrected chi connectivity index (χ1v) is 9.84. The Bertz CT molecular complexity index is 928. The zero-order chi connectivity index (χ0) is 20.5. The van der Waals surface area contributed by atoms with Crippen LogP contribution in [0.25, 0.3) is 0 Å². The molecule has 0 bridgehead atoms. The molecule has 2 aromatic carbocycles. The zero-order valence-corrected chi connectivity index (χ0v) is 17.5. The molecule has 0 saturated carbocycles. The predicted octanol–water partition coefficient (Wildman–Crippen LogP) is 5.41. The van der Waals surface area contributed by atoms with Gasteiger partial charge in [-0.3, -0.25) is 9.59 Å². The van der Waals surface area contributed by atoms with Gasteiger partial charge in [0.05, 0.1) is 21.7 Å². The van der Waals surface area contributed by atoms with Crippen LogP contribution in [0.1, 0.15) is 37.6 Å². The Morgan fingerprint density at radius 3 is 2.68 bits per heavy atom. The molecular formula is C21H22Cl2N2O3. The van der Waals surface area contributed by atoms with Gasteiger partial charge in [-0.1, -0.05) is 30.1 Å². The summed E-state index contributed by atoms with van der Waals surface area (Å²) < 4.78 is 5.88. The van der Waals surface area contributed by atoms with E-state index in [2.05, 4.69) is 5.32 Å². The Kier molecular flexibility index (Phi) is 5.87. The number of rotatable bonds is 4. The molecule has 28 heavy (non-hydrogen) atoms. The fraction of sp³-hybridized carbons (Fsp3) is 0.333. The van der Waals surface area contributed by atoms with E-state index in [0.29, 0.717) is 40.3 Å². The van der Waals surface area contributed by atoms with Crippen LogP contribution in [0.2, 0.25) is 10.0 Å². The van der Waals surface area contributed by atoms with Gasteiger partial charge in [0.15, 0.2) is 0 Å². The minimum absolute atomic E-state index is 0.00513. The van der Waals surface area contributed by atoms with E-state index >= 15 is 0 Å². The monoisotopic (exact) mass is 420 g/mol. The molecule has 5 nitrogen and oxygen atoms in total. The molecule has 0 unspecified atom stereocenters. The number of fused-ring (bicyclic) bond motifs is 1. The van der Waals surface area contributed by atoms with Crippen LogP contribution in [-0.4, -0.2) is 25.0 Å². The first-order valence-electron chi connectivity index (χ1n) is 9.08. The standard InChI is InChI=1S/C21H22Cl2N2O3/c1-4-9-25-17-11-14(6-8-18(17)28-12-21(2,3)20(25)27)24-19(26)15-10-13(22)5-7-16(15)23/h5-8,10-11H,4,9,12H2,1-3H3,(H,24,26). The first-order chi connectivity index (χ1) is 13.2. The summed E-state index contributed by atoms with van der Waals surface area (Å²) in [5, 5.41) is 3.55. The Labute approximate surface area is 174 Å². The van der Waals surface area contributed by atoms with Gasteiger partial charge < -0.3 is 15.0 Å². The Morgan fingerprint density at radius 2 is 1.96 bits per heavy atom. The third-order valence-electron chi connectivity index (χ3n) is 4.54. The highest BCUT2D eigenvalue weighted by molar-refractivity contribution is 6.36. The summed E-state index contributed by atoms with van der Waals surface area (Å²) in [5.41, 5.74) is 0.832. The topological polar surface area (TPSA) is 58.6 Å². The highest BCUT2D eigenvalue weighted by atomic mass is 35.5. The van der Waals surface area contributed by atoms with E-state index in [1.807, 2.05) is 20.8 Å². The summed E-state index contributed by atoms with van der Waals surface area (Å²) in [5.74, 6) is 0.233. The largest absolute Gasteiger partial charge is 0.490 e. The van der Waals surface area contributed by atoms with Crippen molar-refractivity contribution in [2.45, 2.75) is 27.2 Å². The third-order valence-corrected chi connectivity index (χ3v) is 5.11. The molecular weight excluding hydrogens is 399 g/mol. The van der Waals surface area contributed by atoms with Crippen LogP contribution in [0.5, 0.6) is 5.75 Å². The maximum atomic E-state index is 13.0. The summed E-state index contributed by atoms with van der Waals surface area (Å²) in [6.07, 6.45) is 0.802. The highest BCUT2D eigenvalue weighted by Gasteiger charge is 2.37. The van der Waals surface area contributed by atoms with Crippen LogP contribution in [0.3, 0.4) is 0 Å². The van der Waals surface area contributed by atoms with Gasteiger partial charge in [-0.25, -0.2) is 0 Å². The van der Waals surface area contributed by atoms with Crippen molar-refractivity contribution in [1.82, 2.24) is 0 Å². The van der Waals surface area contributed by atoms with E-state index in [4.69, 9.17) is 27.9 Å². The number of hydrogen-bond acceptors (Lipinski definition) is 3. The fourth-order valence-electron chi connectivity index (χ4n) is 3.04. The lowest BCUT2D eigenvalue weighted by Gasteiger charge is -2.27. The van der Waals surface area contributed by atoms with Gasteiger partial charge in [0, 0.05) is 17.3 Å². The van der Waals surface area contributed by atoms with Gasteiger partial charge in [-0.2, -0.15) is 0 Å². The van der Waals surface area contributed by atoms with Crippen molar-refractivity contribution >= 4 is 46.4 Å². The van der Waals surface area contributed by atoms with Gasteiger partial charge in [0.25, 0.3) is 5.91 Å². The zero-order valence-electron chi connectivity index (χ0n) is 16.0. The van der Waals surface area contributed by atoms with Gasteiger partial charge in [-0.15, -0.1) is 0 Å². The van der Waals surface area contributed by atoms with E-state index < -0.39 is 5.41 Å². The normalized spacial score (nSPS) is 15.5. The van der Waals surface area contributed by atoms with Crippen molar-refractivity contribution in [2.24, 2.45) is 5.41 Å². The van der Waals surface area contributed by atoms with Crippen molar-refractivity contribution in [1.29, 1.82) is 0 Å². The van der Waals surface area contributed by atoms with Crippen molar-refractivity contribution in [3.8, 4) is 5.75 Å². The van der Waals surface area contributed by atoms with Crippen molar-refractivity contribution in [3.05, 3.63) is 52.0 Å². The van der Waals surface area contributed by atoms with Gasteiger partial charge in [0.2, 0.25) is 5.91 Å². The molecule has 148 valence electrons. The smallest absolute Gasteiger partial charge is 0.257 e. The van der Waals surface area contributed by atoms with Gasteiger partial charge in [0.1, 0.15) is 12.4 Å². The average molecular weight is 421 g/mol. The molecule has 0 saturated heterocycles. The number of ether oxygens (including phenoxy) is 1. The molecule has 0 aliphatic carbocycles. The van der Waals surface area contributed by atoms with Crippen LogP contribution >= 0.6 is 23.2 Å². The maximum absolute atomic E-state index is 13.0. The Balaban J connectivity index is 1.94. The second-order valence-corrected chi connectivity index (χ2v) is 8.23. The van der Waals surface area contributed by atoms with E-state index in [1.54, 1.807) is 35.2 Å². The molecule has 0 spiro atoms. The quantitative estimate of drug-likeness (QED) is 0.719. The second-order valence-electron chi connectivity index (χ2n) is 7.39. The summed E-state index contributed by atoms with van der Waals surface area (Å²) in [7, 11) is 0. The summed E-state index contributed by atoms with van der Waals surface area (Å²) in [6, 6.07) is 9.97. The number of nitrogens with zero attached hydrogens (tertiary/aromatic N) is 1. The summed E-state index contributed by atoms with van der Waals surface area (Å²) in [4.78, 5) is 27.3. The fourth-order valence-corrected chi connectivity index (χ4v) is 3.41. The molecule has 1 aliphatic rings. The van der Waals surface area contributed by atoms with E-state index in [-0.39, 0.29) is 17.4 Å². The molecule has 3 rings (SSSR count). The molecule has 0 aromatic heterocycles. The van der Waals surface area contributed by atoms with Crippen molar-refractivity contribution in [2.75, 3.05) is 23.4 Å². The number of hydrogen-bond donors (Lipinski definition) is 1. The number of carbonyl (C=O) groups excluding carboxylic acids is 2. The molecule has 1 heterocycles. The van der Waals surface area contributed by atoms with Crippen molar-refractivity contribution in [3.63, 3.8) is 0 Å². The molecule has 0 fully saturated rings. The number of halogens is 2.